The second kappa shape index (κ2) is 11.3. The molecule has 1 fully saturated rings. The highest BCUT2D eigenvalue weighted by Crippen LogP contribution is 2.31. The van der Waals surface area contributed by atoms with E-state index in [0.29, 0.717) is 11.4 Å². The summed E-state index contributed by atoms with van der Waals surface area (Å²) in [5, 5.41) is 10.7. The second-order valence-corrected chi connectivity index (χ2v) is 7.41. The van der Waals surface area contributed by atoms with Crippen molar-refractivity contribution in [3.05, 3.63) is 58.0 Å². The lowest BCUT2D eigenvalue weighted by molar-refractivity contribution is -0.149. The van der Waals surface area contributed by atoms with E-state index in [4.69, 9.17) is 16.7 Å². The summed E-state index contributed by atoms with van der Waals surface area (Å²) in [5.41, 5.74) is 12.0. The lowest BCUT2D eigenvalue weighted by Crippen LogP contribution is -2.29. The third-order valence-corrected chi connectivity index (χ3v) is 5.04. The van der Waals surface area contributed by atoms with Gasteiger partial charge in [-0.1, -0.05) is 31.4 Å². The number of amidine groups is 1. The molecule has 1 aliphatic carbocycles. The fraction of sp³-hybridized carbons (Fsp3) is 0.409. The molecule has 0 saturated heterocycles. The number of benzene rings is 1. The Morgan fingerprint density at radius 3 is 2.38 bits per heavy atom. The maximum Gasteiger partial charge on any atom is 0.407 e. The molecular formula is C22H27F3N6O. The molecule has 0 spiro atoms. The smallest absolute Gasteiger partial charge is 0.383 e. The van der Waals surface area contributed by atoms with Crippen molar-refractivity contribution in [1.29, 1.82) is 5.26 Å². The van der Waals surface area contributed by atoms with Crippen LogP contribution in [0.1, 0.15) is 56.2 Å². The Hall–Kier alpha value is -3.32. The maximum absolute atomic E-state index is 12.7. The van der Waals surface area contributed by atoms with E-state index in [-0.39, 0.29) is 28.6 Å². The molecule has 1 aromatic heterocycles. The third kappa shape index (κ3) is 6.85. The molecule has 32 heavy (non-hydrogen) atoms. The first kappa shape index (κ1) is 24.9. The molecule has 0 amide bonds. The van der Waals surface area contributed by atoms with E-state index in [1.165, 1.54) is 43.8 Å². The van der Waals surface area contributed by atoms with Gasteiger partial charge in [-0.2, -0.15) is 18.4 Å². The summed E-state index contributed by atoms with van der Waals surface area (Å²) in [6.45, 7) is 1.43. The quantitative estimate of drug-likeness (QED) is 0.401. The van der Waals surface area contributed by atoms with Gasteiger partial charge in [-0.3, -0.25) is 4.79 Å². The SMILES string of the molecule is CC#N.NC(=Nc1ccc([C@H](N)C(F)(F)F)cc1)c1c(NC2CCCCC2)cc[nH]c1=O. The van der Waals surface area contributed by atoms with Crippen molar-refractivity contribution < 1.29 is 13.2 Å². The van der Waals surface area contributed by atoms with E-state index in [0.717, 1.165) is 25.7 Å². The van der Waals surface area contributed by atoms with E-state index in [1.807, 2.05) is 0 Å². The number of nitrogens with one attached hydrogen (secondary N) is 2. The Bertz CT molecular complexity index is 1000. The van der Waals surface area contributed by atoms with E-state index in [1.54, 1.807) is 12.1 Å². The predicted molar refractivity (Wildman–Crippen MR) is 119 cm³/mol. The van der Waals surface area contributed by atoms with E-state index >= 15 is 0 Å². The topological polar surface area (TPSA) is 133 Å². The summed E-state index contributed by atoms with van der Waals surface area (Å²) < 4.78 is 38.2. The Kier molecular flexibility index (Phi) is 8.84. The first-order valence-corrected chi connectivity index (χ1v) is 10.2. The summed E-state index contributed by atoms with van der Waals surface area (Å²) in [6, 6.07) is 6.96. The van der Waals surface area contributed by atoms with E-state index < -0.39 is 12.2 Å². The van der Waals surface area contributed by atoms with Crippen LogP contribution in [0.15, 0.2) is 46.3 Å². The van der Waals surface area contributed by atoms with Gasteiger partial charge < -0.3 is 21.8 Å². The Morgan fingerprint density at radius 1 is 1.22 bits per heavy atom. The van der Waals surface area contributed by atoms with Crippen LogP contribution in [0.3, 0.4) is 0 Å². The zero-order valence-electron chi connectivity index (χ0n) is 17.7. The van der Waals surface area contributed by atoms with Gasteiger partial charge in [-0.15, -0.1) is 0 Å². The largest absolute Gasteiger partial charge is 0.407 e. The molecule has 1 aliphatic rings. The number of nitrogens with zero attached hydrogens (tertiary/aromatic N) is 2. The number of aromatic amines is 1. The number of pyridine rings is 1. The van der Waals surface area contributed by atoms with Crippen LogP contribution in [0, 0.1) is 11.3 Å². The van der Waals surface area contributed by atoms with Crippen LogP contribution < -0.4 is 22.3 Å². The minimum Gasteiger partial charge on any atom is -0.383 e. The van der Waals surface area contributed by atoms with Gasteiger partial charge in [-0.05, 0) is 36.6 Å². The van der Waals surface area contributed by atoms with Crippen molar-refractivity contribution >= 4 is 17.2 Å². The van der Waals surface area contributed by atoms with Crippen LogP contribution in [-0.4, -0.2) is 23.0 Å². The number of H-pyrrole nitrogens is 1. The lowest BCUT2D eigenvalue weighted by Gasteiger charge is -2.24. The van der Waals surface area contributed by atoms with Crippen LogP contribution in [0.4, 0.5) is 24.5 Å². The molecule has 1 atom stereocenters. The molecule has 0 bridgehead atoms. The normalized spacial score (nSPS) is 15.8. The van der Waals surface area contributed by atoms with Gasteiger partial charge in [-0.25, -0.2) is 4.99 Å². The standard InChI is InChI=1S/C20H24F3N5O.C2H3N/c21-20(22,23)17(24)12-6-8-14(9-7-12)28-18(25)16-15(10-11-26-19(16)29)27-13-4-2-1-3-5-13;1-2-3/h6-11,13,17H,1-5,24H2,(H2,25,28)(H2,26,27,29);1H3/t17-;/m0./s1. The number of hydrogen-bond donors (Lipinski definition) is 4. The lowest BCUT2D eigenvalue weighted by atomic mass is 9.95. The molecule has 7 nitrogen and oxygen atoms in total. The minimum atomic E-state index is -4.53. The number of aliphatic imine (C=N–C) groups is 1. The van der Waals surface area contributed by atoms with Crippen molar-refractivity contribution in [3.8, 4) is 6.07 Å². The second-order valence-electron chi connectivity index (χ2n) is 7.41. The number of halogens is 3. The van der Waals surface area contributed by atoms with Crippen molar-refractivity contribution in [2.24, 2.45) is 16.5 Å². The number of aromatic nitrogens is 1. The van der Waals surface area contributed by atoms with E-state index in [9.17, 15) is 18.0 Å². The summed E-state index contributed by atoms with van der Waals surface area (Å²) in [7, 11) is 0. The average Bonchev–Trinajstić information content (AvgIpc) is 2.74. The molecule has 172 valence electrons. The molecule has 1 saturated carbocycles. The van der Waals surface area contributed by atoms with Crippen molar-refractivity contribution in [2.75, 3.05) is 5.32 Å². The summed E-state index contributed by atoms with van der Waals surface area (Å²) in [6.07, 6.45) is 2.52. The summed E-state index contributed by atoms with van der Waals surface area (Å²) >= 11 is 0. The van der Waals surface area contributed by atoms with Crippen LogP contribution in [0.5, 0.6) is 0 Å². The molecule has 3 rings (SSSR count). The molecule has 6 N–H and O–H groups in total. The number of alkyl halides is 3. The monoisotopic (exact) mass is 448 g/mol. The van der Waals surface area contributed by atoms with Crippen molar-refractivity contribution in [1.82, 2.24) is 4.98 Å². The molecular weight excluding hydrogens is 421 g/mol. The van der Waals surface area contributed by atoms with Gasteiger partial charge in [0.05, 0.1) is 17.4 Å². The predicted octanol–water partition coefficient (Wildman–Crippen LogP) is 4.25. The highest BCUT2D eigenvalue weighted by atomic mass is 19.4. The Balaban J connectivity index is 0.00000114. The molecule has 10 heteroatoms. The highest BCUT2D eigenvalue weighted by molar-refractivity contribution is 6.03. The number of anilines is 1. The van der Waals surface area contributed by atoms with Gasteiger partial charge in [0, 0.05) is 19.2 Å². The van der Waals surface area contributed by atoms with Crippen LogP contribution in [0.2, 0.25) is 0 Å². The third-order valence-electron chi connectivity index (χ3n) is 5.04. The first-order chi connectivity index (χ1) is 15.2. The van der Waals surface area contributed by atoms with Crippen molar-refractivity contribution in [3.63, 3.8) is 0 Å². The fourth-order valence-corrected chi connectivity index (χ4v) is 3.46. The van der Waals surface area contributed by atoms with Crippen molar-refractivity contribution in [2.45, 2.75) is 57.3 Å². The van der Waals surface area contributed by atoms with Gasteiger partial charge in [0.25, 0.3) is 5.56 Å². The summed E-state index contributed by atoms with van der Waals surface area (Å²) in [5.74, 6) is -0.0157. The Labute approximate surface area is 184 Å². The van der Waals surface area contributed by atoms with Crippen LogP contribution >= 0.6 is 0 Å². The number of nitriles is 1. The first-order valence-electron chi connectivity index (χ1n) is 10.2. The van der Waals surface area contributed by atoms with Gasteiger partial charge in [0.1, 0.15) is 17.4 Å². The van der Waals surface area contributed by atoms with E-state index in [2.05, 4.69) is 15.3 Å². The zero-order valence-corrected chi connectivity index (χ0v) is 17.7. The molecule has 1 aromatic carbocycles. The minimum absolute atomic E-state index is 0.0157. The Morgan fingerprint density at radius 2 is 1.81 bits per heavy atom. The highest BCUT2D eigenvalue weighted by Gasteiger charge is 2.37. The number of nitrogens with two attached hydrogens (primary N) is 2. The maximum atomic E-state index is 12.7. The zero-order chi connectivity index (χ0) is 23.7. The number of hydrogen-bond acceptors (Lipinski definition) is 5. The number of rotatable bonds is 5. The molecule has 0 aliphatic heterocycles. The van der Waals surface area contributed by atoms with Crippen LogP contribution in [-0.2, 0) is 0 Å². The fourth-order valence-electron chi connectivity index (χ4n) is 3.46. The molecule has 1 heterocycles. The summed E-state index contributed by atoms with van der Waals surface area (Å²) in [4.78, 5) is 19.2. The molecule has 2 aromatic rings. The average molecular weight is 448 g/mol. The van der Waals surface area contributed by atoms with Crippen LogP contribution in [0.25, 0.3) is 0 Å². The van der Waals surface area contributed by atoms with Gasteiger partial charge in [0.2, 0.25) is 0 Å². The molecule has 0 radical (unpaired) electrons. The van der Waals surface area contributed by atoms with Gasteiger partial charge in [0.15, 0.2) is 0 Å². The van der Waals surface area contributed by atoms with Gasteiger partial charge >= 0.3 is 6.18 Å². The molecule has 0 unspecified atom stereocenters.